The van der Waals surface area contributed by atoms with E-state index < -0.39 is 0 Å². The zero-order valence-corrected chi connectivity index (χ0v) is 13.4. The van der Waals surface area contributed by atoms with Gasteiger partial charge in [-0.05, 0) is 31.9 Å². The highest BCUT2D eigenvalue weighted by atomic mass is 16.2. The van der Waals surface area contributed by atoms with Crippen molar-refractivity contribution in [1.82, 2.24) is 30.5 Å². The topological polar surface area (TPSA) is 87.7 Å². The van der Waals surface area contributed by atoms with Crippen molar-refractivity contribution < 1.29 is 4.79 Å². The Labute approximate surface area is 139 Å². The second-order valence-corrected chi connectivity index (χ2v) is 6.19. The molecule has 24 heavy (non-hydrogen) atoms. The minimum absolute atomic E-state index is 0.0462. The summed E-state index contributed by atoms with van der Waals surface area (Å²) in [5, 5.41) is 15.2. The van der Waals surface area contributed by atoms with E-state index >= 15 is 0 Å². The fraction of sp³-hybridized carbons (Fsp3) is 0.353. The third kappa shape index (κ3) is 2.62. The van der Waals surface area contributed by atoms with Crippen LogP contribution in [0.2, 0.25) is 0 Å². The molecule has 4 rings (SSSR count). The maximum absolute atomic E-state index is 13.1. The summed E-state index contributed by atoms with van der Waals surface area (Å²) < 4.78 is 0. The molecule has 122 valence electrons. The van der Waals surface area contributed by atoms with Crippen LogP contribution < -0.4 is 0 Å². The lowest BCUT2D eigenvalue weighted by Gasteiger charge is -2.31. The van der Waals surface area contributed by atoms with Gasteiger partial charge in [0.15, 0.2) is 5.82 Å². The number of aromatic amines is 1. The summed E-state index contributed by atoms with van der Waals surface area (Å²) in [7, 11) is 0. The number of para-hydroxylation sites is 1. The SMILES string of the molecule is Cc1cc(C(=O)N2CCCC(c3nn[nH]n3)C2)c2ccccc2n1. The number of rotatable bonds is 2. The van der Waals surface area contributed by atoms with E-state index in [9.17, 15) is 4.79 Å². The van der Waals surface area contributed by atoms with E-state index in [1.807, 2.05) is 42.2 Å². The molecule has 1 N–H and O–H groups in total. The van der Waals surface area contributed by atoms with Crippen molar-refractivity contribution in [2.45, 2.75) is 25.7 Å². The molecule has 7 nitrogen and oxygen atoms in total. The maximum Gasteiger partial charge on any atom is 0.254 e. The van der Waals surface area contributed by atoms with Crippen molar-refractivity contribution in [2.75, 3.05) is 13.1 Å². The largest absolute Gasteiger partial charge is 0.338 e. The smallest absolute Gasteiger partial charge is 0.254 e. The second-order valence-electron chi connectivity index (χ2n) is 6.19. The highest BCUT2D eigenvalue weighted by Gasteiger charge is 2.28. The van der Waals surface area contributed by atoms with E-state index in [1.54, 1.807) is 0 Å². The Kier molecular flexibility index (Phi) is 3.68. The van der Waals surface area contributed by atoms with E-state index in [4.69, 9.17) is 0 Å². The Balaban J connectivity index is 1.66. The molecule has 0 radical (unpaired) electrons. The van der Waals surface area contributed by atoms with Gasteiger partial charge in [-0.15, -0.1) is 10.2 Å². The van der Waals surface area contributed by atoms with Crippen LogP contribution >= 0.6 is 0 Å². The molecule has 0 saturated carbocycles. The highest BCUT2D eigenvalue weighted by molar-refractivity contribution is 6.06. The first-order chi connectivity index (χ1) is 11.7. The molecule has 3 aromatic rings. The van der Waals surface area contributed by atoms with Gasteiger partial charge >= 0.3 is 0 Å². The third-order valence-corrected chi connectivity index (χ3v) is 4.51. The number of carbonyl (C=O) groups excluding carboxylic acids is 1. The number of fused-ring (bicyclic) bond motifs is 1. The van der Waals surface area contributed by atoms with Gasteiger partial charge in [0.25, 0.3) is 5.91 Å². The number of hydrogen-bond donors (Lipinski definition) is 1. The summed E-state index contributed by atoms with van der Waals surface area (Å²) in [4.78, 5) is 19.5. The van der Waals surface area contributed by atoms with Crippen molar-refractivity contribution in [2.24, 2.45) is 0 Å². The third-order valence-electron chi connectivity index (χ3n) is 4.51. The van der Waals surface area contributed by atoms with Gasteiger partial charge in [0.2, 0.25) is 0 Å². The van der Waals surface area contributed by atoms with Crippen LogP contribution in [0.15, 0.2) is 30.3 Å². The number of likely N-dealkylation sites (tertiary alicyclic amines) is 1. The highest BCUT2D eigenvalue weighted by Crippen LogP contribution is 2.27. The second kappa shape index (κ2) is 5.99. The molecular formula is C17H18N6O. The molecule has 1 unspecified atom stereocenters. The molecule has 7 heteroatoms. The normalized spacial score (nSPS) is 18.0. The number of nitrogens with zero attached hydrogens (tertiary/aromatic N) is 5. The van der Waals surface area contributed by atoms with Crippen LogP contribution in [0, 0.1) is 6.92 Å². The fourth-order valence-corrected chi connectivity index (χ4v) is 3.37. The first kappa shape index (κ1) is 14.7. The van der Waals surface area contributed by atoms with Gasteiger partial charge in [0.05, 0.1) is 11.1 Å². The van der Waals surface area contributed by atoms with Gasteiger partial charge in [0, 0.05) is 30.1 Å². The van der Waals surface area contributed by atoms with Crippen molar-refractivity contribution >= 4 is 16.8 Å². The van der Waals surface area contributed by atoms with E-state index in [1.165, 1.54) is 0 Å². The number of hydrogen-bond acceptors (Lipinski definition) is 5. The zero-order valence-electron chi connectivity index (χ0n) is 13.4. The predicted molar refractivity (Wildman–Crippen MR) is 88.5 cm³/mol. The molecule has 1 amide bonds. The zero-order chi connectivity index (χ0) is 16.5. The van der Waals surface area contributed by atoms with Crippen LogP contribution in [-0.2, 0) is 0 Å². The minimum Gasteiger partial charge on any atom is -0.338 e. The molecule has 1 aliphatic rings. The molecule has 0 spiro atoms. The Morgan fingerprint density at radius 3 is 3.04 bits per heavy atom. The van der Waals surface area contributed by atoms with Gasteiger partial charge in [-0.1, -0.05) is 23.4 Å². The molecular weight excluding hydrogens is 304 g/mol. The Bertz CT molecular complexity index is 876. The summed E-state index contributed by atoms with van der Waals surface area (Å²) in [6.07, 6.45) is 1.91. The monoisotopic (exact) mass is 322 g/mol. The summed E-state index contributed by atoms with van der Waals surface area (Å²) in [6, 6.07) is 9.65. The average Bonchev–Trinajstić information content (AvgIpc) is 3.15. The quantitative estimate of drug-likeness (QED) is 0.780. The van der Waals surface area contributed by atoms with Crippen LogP contribution in [-0.4, -0.2) is 49.5 Å². The van der Waals surface area contributed by atoms with Gasteiger partial charge in [0.1, 0.15) is 0 Å². The summed E-state index contributed by atoms with van der Waals surface area (Å²) in [6.45, 7) is 3.29. The fourth-order valence-electron chi connectivity index (χ4n) is 3.37. The number of benzene rings is 1. The molecule has 1 aromatic carbocycles. The van der Waals surface area contributed by atoms with Crippen molar-refractivity contribution in [3.63, 3.8) is 0 Å². The van der Waals surface area contributed by atoms with E-state index in [0.717, 1.165) is 36.0 Å². The van der Waals surface area contributed by atoms with Crippen LogP contribution in [0.4, 0.5) is 0 Å². The molecule has 3 heterocycles. The standard InChI is InChI=1S/C17H18N6O/c1-11-9-14(13-6-2-3-7-15(13)18-11)17(24)23-8-4-5-12(10-23)16-19-21-22-20-16/h2-3,6-7,9,12H,4-5,8,10H2,1H3,(H,19,20,21,22). The number of aryl methyl sites for hydroxylation is 1. The van der Waals surface area contributed by atoms with Crippen molar-refractivity contribution in [3.8, 4) is 0 Å². The number of pyridine rings is 1. The first-order valence-electron chi connectivity index (χ1n) is 8.11. The molecule has 1 aliphatic heterocycles. The lowest BCUT2D eigenvalue weighted by Crippen LogP contribution is -2.39. The number of amides is 1. The van der Waals surface area contributed by atoms with E-state index in [0.29, 0.717) is 17.9 Å². The van der Waals surface area contributed by atoms with Gasteiger partial charge in [-0.3, -0.25) is 9.78 Å². The molecule has 2 aromatic heterocycles. The van der Waals surface area contributed by atoms with Crippen LogP contribution in [0.25, 0.3) is 10.9 Å². The molecule has 0 aliphatic carbocycles. The molecule has 0 bridgehead atoms. The predicted octanol–water partition coefficient (Wildman–Crippen LogP) is 2.08. The van der Waals surface area contributed by atoms with Gasteiger partial charge in [-0.25, -0.2) is 0 Å². The number of H-pyrrole nitrogens is 1. The number of aromatic nitrogens is 5. The number of carbonyl (C=O) groups is 1. The average molecular weight is 322 g/mol. The summed E-state index contributed by atoms with van der Waals surface area (Å²) >= 11 is 0. The van der Waals surface area contributed by atoms with Gasteiger partial charge < -0.3 is 4.90 Å². The van der Waals surface area contributed by atoms with Gasteiger partial charge in [-0.2, -0.15) is 5.21 Å². The van der Waals surface area contributed by atoms with Crippen LogP contribution in [0.3, 0.4) is 0 Å². The lowest BCUT2D eigenvalue weighted by atomic mass is 9.96. The molecule has 1 saturated heterocycles. The minimum atomic E-state index is 0.0462. The number of piperidine rings is 1. The lowest BCUT2D eigenvalue weighted by molar-refractivity contribution is 0.0706. The van der Waals surface area contributed by atoms with Crippen LogP contribution in [0.5, 0.6) is 0 Å². The van der Waals surface area contributed by atoms with Crippen molar-refractivity contribution in [1.29, 1.82) is 0 Å². The molecule has 1 fully saturated rings. The van der Waals surface area contributed by atoms with Crippen LogP contribution in [0.1, 0.15) is 40.6 Å². The number of nitrogens with one attached hydrogen (secondary N) is 1. The summed E-state index contributed by atoms with van der Waals surface area (Å²) in [5.41, 5.74) is 2.42. The maximum atomic E-state index is 13.1. The Morgan fingerprint density at radius 1 is 1.33 bits per heavy atom. The first-order valence-corrected chi connectivity index (χ1v) is 8.11. The van der Waals surface area contributed by atoms with Crippen molar-refractivity contribution in [3.05, 3.63) is 47.4 Å². The number of tetrazole rings is 1. The Morgan fingerprint density at radius 2 is 2.21 bits per heavy atom. The van der Waals surface area contributed by atoms with E-state index in [-0.39, 0.29) is 11.8 Å². The Hall–Kier alpha value is -2.83. The summed E-state index contributed by atoms with van der Waals surface area (Å²) in [5.74, 6) is 0.865. The molecule has 1 atom stereocenters. The van der Waals surface area contributed by atoms with E-state index in [2.05, 4.69) is 25.6 Å².